The minimum atomic E-state index is -4.45. The fraction of sp³-hybridized carbons (Fsp3) is 0.308. The van der Waals surface area contributed by atoms with Crippen molar-refractivity contribution in [2.45, 2.75) is 43.4 Å². The van der Waals surface area contributed by atoms with Gasteiger partial charge in [0.25, 0.3) is 5.56 Å². The van der Waals surface area contributed by atoms with Crippen molar-refractivity contribution in [3.05, 3.63) is 92.6 Å². The second-order valence-electron chi connectivity index (χ2n) is 9.49. The quantitative estimate of drug-likeness (QED) is 0.317. The van der Waals surface area contributed by atoms with E-state index in [0.717, 1.165) is 5.56 Å². The summed E-state index contributed by atoms with van der Waals surface area (Å²) in [4.78, 5) is 17.8. The van der Waals surface area contributed by atoms with E-state index in [-0.39, 0.29) is 34.7 Å². The number of hydrogen-bond acceptors (Lipinski definition) is 4. The first-order valence-electron chi connectivity index (χ1n) is 12.0. The number of alkyl halides is 3. The number of aryl methyl sites for hydroxylation is 1. The van der Waals surface area contributed by atoms with Gasteiger partial charge in [-0.15, -0.1) is 0 Å². The van der Waals surface area contributed by atoms with Gasteiger partial charge in [-0.25, -0.2) is 8.42 Å². The van der Waals surface area contributed by atoms with Crippen LogP contribution in [0.5, 0.6) is 0 Å². The molecule has 0 bridgehead atoms. The molecule has 1 aliphatic heterocycles. The maximum atomic E-state index is 13.9. The summed E-state index contributed by atoms with van der Waals surface area (Å²) in [5.41, 5.74) is 2.42. The van der Waals surface area contributed by atoms with Crippen LogP contribution in [-0.2, 0) is 16.6 Å². The van der Waals surface area contributed by atoms with E-state index in [1.807, 2.05) is 6.92 Å². The summed E-state index contributed by atoms with van der Waals surface area (Å²) in [5.74, 6) is -1.64. The molecule has 3 heterocycles. The zero-order valence-electron chi connectivity index (χ0n) is 20.3. The Morgan fingerprint density at radius 1 is 1.08 bits per heavy atom. The summed E-state index contributed by atoms with van der Waals surface area (Å²) in [6.45, 7) is 1.69. The molecule has 1 fully saturated rings. The molecule has 2 N–H and O–H groups in total. The predicted molar refractivity (Wildman–Crippen MR) is 140 cm³/mol. The largest absolute Gasteiger partial charge is 0.391 e. The fourth-order valence-electron chi connectivity index (χ4n) is 5.09. The Balaban J connectivity index is 1.62. The number of nitrogens with one attached hydrogen (secondary N) is 2. The van der Waals surface area contributed by atoms with Gasteiger partial charge in [0.2, 0.25) is 10.0 Å². The topological polar surface area (TPSA) is 91.0 Å². The standard InChI is InChI=1S/C26H25F3N4O3S2/c1-16-6-8-19(9-7-16)38(35,36)33-13-11-18(26(27,28)29)14-22(33)20-5-3-2-4-17(20)15-32-21-10-12-30-23(21)24(34)31-25(32)37/h2-10,12,18,22,30H,11,13-15H2,1H3,(H,31,34,37)/t18-,22-/m1/s1. The van der Waals surface area contributed by atoms with Gasteiger partial charge in [-0.1, -0.05) is 42.0 Å². The molecule has 2 aromatic heterocycles. The highest BCUT2D eigenvalue weighted by molar-refractivity contribution is 7.89. The number of fused-ring (bicyclic) bond motifs is 1. The van der Waals surface area contributed by atoms with Gasteiger partial charge >= 0.3 is 6.18 Å². The van der Waals surface area contributed by atoms with Crippen LogP contribution in [0.2, 0.25) is 0 Å². The van der Waals surface area contributed by atoms with Crippen LogP contribution in [0.4, 0.5) is 13.2 Å². The van der Waals surface area contributed by atoms with Gasteiger partial charge in [0.15, 0.2) is 4.77 Å². The van der Waals surface area contributed by atoms with Crippen LogP contribution in [0, 0.1) is 17.6 Å². The summed E-state index contributed by atoms with van der Waals surface area (Å²) in [6.07, 6.45) is -3.57. The summed E-state index contributed by atoms with van der Waals surface area (Å²) >= 11 is 5.39. The van der Waals surface area contributed by atoms with E-state index in [4.69, 9.17) is 12.2 Å². The highest BCUT2D eigenvalue weighted by Gasteiger charge is 2.47. The second-order valence-corrected chi connectivity index (χ2v) is 11.8. The summed E-state index contributed by atoms with van der Waals surface area (Å²) in [5, 5.41) is 0. The number of rotatable bonds is 5. The predicted octanol–water partition coefficient (Wildman–Crippen LogP) is 5.45. The number of aromatic nitrogens is 3. The molecule has 2 atom stereocenters. The Bertz CT molecular complexity index is 1710. The lowest BCUT2D eigenvalue weighted by Gasteiger charge is -2.40. The molecule has 200 valence electrons. The molecule has 12 heteroatoms. The molecule has 0 spiro atoms. The van der Waals surface area contributed by atoms with E-state index >= 15 is 0 Å². The number of piperidine rings is 1. The summed E-state index contributed by atoms with van der Waals surface area (Å²) < 4.78 is 72.1. The van der Waals surface area contributed by atoms with Crippen LogP contribution < -0.4 is 5.56 Å². The highest BCUT2D eigenvalue weighted by atomic mass is 32.2. The van der Waals surface area contributed by atoms with Crippen LogP contribution in [0.25, 0.3) is 11.0 Å². The van der Waals surface area contributed by atoms with Crippen LogP contribution in [0.15, 0.2) is 70.5 Å². The fourth-order valence-corrected chi connectivity index (χ4v) is 6.98. The molecule has 1 saturated heterocycles. The molecule has 0 amide bonds. The van der Waals surface area contributed by atoms with Crippen LogP contribution in [0.3, 0.4) is 0 Å². The van der Waals surface area contributed by atoms with Crippen molar-refractivity contribution >= 4 is 33.3 Å². The third kappa shape index (κ3) is 4.83. The lowest BCUT2D eigenvalue weighted by atomic mass is 9.86. The molecule has 0 aliphatic carbocycles. The Morgan fingerprint density at radius 3 is 2.50 bits per heavy atom. The van der Waals surface area contributed by atoms with Crippen molar-refractivity contribution in [2.75, 3.05) is 6.54 Å². The van der Waals surface area contributed by atoms with Crippen molar-refractivity contribution in [1.29, 1.82) is 0 Å². The number of H-pyrrole nitrogens is 2. The number of aromatic amines is 2. The van der Waals surface area contributed by atoms with Gasteiger partial charge in [-0.2, -0.15) is 17.5 Å². The lowest BCUT2D eigenvalue weighted by molar-refractivity contribution is -0.187. The summed E-state index contributed by atoms with van der Waals surface area (Å²) in [6, 6.07) is 13.8. The first kappa shape index (κ1) is 26.4. The third-order valence-corrected chi connectivity index (χ3v) is 9.34. The van der Waals surface area contributed by atoms with Crippen molar-refractivity contribution < 1.29 is 21.6 Å². The Labute approximate surface area is 222 Å². The van der Waals surface area contributed by atoms with Gasteiger partial charge in [0, 0.05) is 12.7 Å². The molecule has 5 rings (SSSR count). The molecular weight excluding hydrogens is 537 g/mol. The molecule has 7 nitrogen and oxygen atoms in total. The second kappa shape index (κ2) is 9.83. The van der Waals surface area contributed by atoms with Gasteiger partial charge in [0.05, 0.1) is 28.9 Å². The van der Waals surface area contributed by atoms with Crippen molar-refractivity contribution in [1.82, 2.24) is 18.8 Å². The smallest absolute Gasteiger partial charge is 0.355 e. The zero-order chi connectivity index (χ0) is 27.2. The Hall–Kier alpha value is -3.22. The third-order valence-electron chi connectivity index (χ3n) is 7.09. The van der Waals surface area contributed by atoms with Gasteiger partial charge in [-0.05, 0) is 61.3 Å². The number of hydrogen-bond donors (Lipinski definition) is 2. The first-order valence-corrected chi connectivity index (χ1v) is 13.8. The van der Waals surface area contributed by atoms with Crippen LogP contribution >= 0.6 is 12.2 Å². The zero-order valence-corrected chi connectivity index (χ0v) is 22.0. The maximum Gasteiger partial charge on any atom is 0.391 e. The van der Waals surface area contributed by atoms with E-state index in [0.29, 0.717) is 22.2 Å². The van der Waals surface area contributed by atoms with E-state index in [1.165, 1.54) is 16.4 Å². The monoisotopic (exact) mass is 562 g/mol. The van der Waals surface area contributed by atoms with Gasteiger partial charge in [-0.3, -0.25) is 9.78 Å². The Morgan fingerprint density at radius 2 is 1.79 bits per heavy atom. The molecule has 4 aromatic rings. The maximum absolute atomic E-state index is 13.9. The van der Waals surface area contributed by atoms with Gasteiger partial charge < -0.3 is 9.55 Å². The molecule has 2 aromatic carbocycles. The van der Waals surface area contributed by atoms with Crippen molar-refractivity contribution in [3.63, 3.8) is 0 Å². The number of sulfonamides is 1. The lowest BCUT2D eigenvalue weighted by Crippen LogP contribution is -2.44. The number of halogens is 3. The number of nitrogens with zero attached hydrogens (tertiary/aromatic N) is 2. The van der Waals surface area contributed by atoms with E-state index < -0.39 is 34.6 Å². The van der Waals surface area contributed by atoms with Crippen LogP contribution in [-0.4, -0.2) is 40.0 Å². The van der Waals surface area contributed by atoms with E-state index in [9.17, 15) is 26.4 Å². The minimum Gasteiger partial charge on any atom is -0.355 e. The van der Waals surface area contributed by atoms with Crippen LogP contribution in [0.1, 0.15) is 35.6 Å². The Kier molecular flexibility index (Phi) is 6.82. The average Bonchev–Trinajstić information content (AvgIpc) is 3.37. The van der Waals surface area contributed by atoms with Crippen molar-refractivity contribution in [2.24, 2.45) is 5.92 Å². The van der Waals surface area contributed by atoms with Crippen molar-refractivity contribution in [3.8, 4) is 0 Å². The molecule has 0 saturated carbocycles. The normalized spacial score (nSPS) is 19.2. The molecule has 1 aliphatic rings. The highest BCUT2D eigenvalue weighted by Crippen LogP contribution is 2.45. The van der Waals surface area contributed by atoms with E-state index in [2.05, 4.69) is 9.97 Å². The SMILES string of the molecule is Cc1ccc(S(=O)(=O)N2CC[C@@H](C(F)(F)F)C[C@@H]2c2ccccc2Cn2c(=S)[nH]c(=O)c3[nH]ccc32)cc1. The molecule has 0 radical (unpaired) electrons. The molecule has 38 heavy (non-hydrogen) atoms. The minimum absolute atomic E-state index is 0.0351. The van der Waals surface area contributed by atoms with Gasteiger partial charge in [0.1, 0.15) is 5.52 Å². The average molecular weight is 563 g/mol. The number of benzene rings is 2. The molecule has 0 unspecified atom stereocenters. The summed E-state index contributed by atoms with van der Waals surface area (Å²) in [7, 11) is -4.09. The molecular formula is C26H25F3N4O3S2. The van der Waals surface area contributed by atoms with E-state index in [1.54, 1.807) is 53.2 Å². The first-order chi connectivity index (χ1) is 18.0.